The molecule has 2 aliphatic heterocycles. The summed E-state index contributed by atoms with van der Waals surface area (Å²) in [6.45, 7) is 0.239. The van der Waals surface area contributed by atoms with E-state index in [2.05, 4.69) is 72.5 Å². The van der Waals surface area contributed by atoms with Crippen LogP contribution in [0.2, 0.25) is 0 Å². The van der Waals surface area contributed by atoms with E-state index in [0.717, 1.165) is 44.2 Å². The SMILES string of the molecule is C#CCOc1ccc2c(N3C(=O)c4ccc(Oc5ccc(C6(c7ccc(Oc8ccc9c(c8)C(=O)N(c8cccc%10cc(OCC#C)ccc8%10)C9=O)cc7)c7ccccc7-c7ccccc76)cc5)cc4C3=O)cccc2c1. The molecular formula is C67H40N2O8. The average molecular weight is 1000 g/mol. The van der Waals surface area contributed by atoms with Crippen LogP contribution in [0, 0.1) is 24.7 Å². The van der Waals surface area contributed by atoms with Crippen molar-refractivity contribution in [2.24, 2.45) is 0 Å². The molecule has 3 aliphatic rings. The highest BCUT2D eigenvalue weighted by molar-refractivity contribution is 6.37. The summed E-state index contributed by atoms with van der Waals surface area (Å²) in [6, 6.07) is 64.3. The highest BCUT2D eigenvalue weighted by Crippen LogP contribution is 2.56. The van der Waals surface area contributed by atoms with E-state index < -0.39 is 29.0 Å². The number of benzene rings is 10. The summed E-state index contributed by atoms with van der Waals surface area (Å²) < 4.78 is 24.1. The molecule has 0 bridgehead atoms. The minimum absolute atomic E-state index is 0.120. The van der Waals surface area contributed by atoms with Gasteiger partial charge in [0, 0.05) is 10.8 Å². The lowest BCUT2D eigenvalue weighted by molar-refractivity contribution is 0.0910. The second kappa shape index (κ2) is 18.4. The second-order valence-corrected chi connectivity index (χ2v) is 18.7. The van der Waals surface area contributed by atoms with Gasteiger partial charge in [-0.15, -0.1) is 12.8 Å². The van der Waals surface area contributed by atoms with E-state index in [9.17, 15) is 19.2 Å². The number of hydrogen-bond donors (Lipinski definition) is 0. The zero-order valence-electron chi connectivity index (χ0n) is 40.9. The van der Waals surface area contributed by atoms with E-state index in [-0.39, 0.29) is 35.5 Å². The Morgan fingerprint density at radius 3 is 1.18 bits per heavy atom. The summed E-state index contributed by atoms with van der Waals surface area (Å²) in [5, 5.41) is 3.01. The number of ether oxygens (including phenoxy) is 4. The van der Waals surface area contributed by atoms with Gasteiger partial charge < -0.3 is 18.9 Å². The van der Waals surface area contributed by atoms with E-state index in [1.165, 1.54) is 9.80 Å². The Morgan fingerprint density at radius 2 is 0.753 bits per heavy atom. The maximum atomic E-state index is 14.1. The normalized spacial score (nSPS) is 13.7. The van der Waals surface area contributed by atoms with Crippen LogP contribution in [-0.4, -0.2) is 36.8 Å². The van der Waals surface area contributed by atoms with Gasteiger partial charge in [-0.05, 0) is 153 Å². The van der Waals surface area contributed by atoms with Crippen LogP contribution < -0.4 is 28.7 Å². The number of terminal acetylenes is 2. The van der Waals surface area contributed by atoms with Crippen molar-refractivity contribution in [3.8, 4) is 70.3 Å². The molecule has 10 heteroatoms. The molecule has 4 amide bonds. The van der Waals surface area contributed by atoms with Crippen LogP contribution in [0.4, 0.5) is 11.4 Å². The van der Waals surface area contributed by atoms with Crippen LogP contribution in [0.15, 0.2) is 206 Å². The number of nitrogens with zero attached hydrogens (tertiary/aromatic N) is 2. The van der Waals surface area contributed by atoms with Crippen LogP contribution in [0.5, 0.6) is 34.5 Å². The molecule has 13 rings (SSSR count). The van der Waals surface area contributed by atoms with Gasteiger partial charge in [0.2, 0.25) is 0 Å². The largest absolute Gasteiger partial charge is 0.481 e. The van der Waals surface area contributed by atoms with Crippen LogP contribution >= 0.6 is 0 Å². The second-order valence-electron chi connectivity index (χ2n) is 18.7. The first-order chi connectivity index (χ1) is 37.7. The maximum Gasteiger partial charge on any atom is 0.266 e. The van der Waals surface area contributed by atoms with E-state index >= 15 is 0 Å². The number of imide groups is 2. The molecule has 0 N–H and O–H groups in total. The molecular weight excluding hydrogens is 961 g/mol. The highest BCUT2D eigenvalue weighted by atomic mass is 16.5. The minimum atomic E-state index is -0.756. The molecule has 0 atom stereocenters. The van der Waals surface area contributed by atoms with Crippen LogP contribution in [0.25, 0.3) is 32.7 Å². The van der Waals surface area contributed by atoms with Crippen LogP contribution in [0.1, 0.15) is 63.7 Å². The first-order valence-corrected chi connectivity index (χ1v) is 24.7. The van der Waals surface area contributed by atoms with Gasteiger partial charge in [-0.1, -0.05) is 109 Å². The van der Waals surface area contributed by atoms with Gasteiger partial charge in [0.25, 0.3) is 23.6 Å². The Hall–Kier alpha value is -10.7. The Kier molecular flexibility index (Phi) is 11.0. The number of rotatable bonds is 12. The Labute approximate surface area is 442 Å². The predicted octanol–water partition coefficient (Wildman–Crippen LogP) is 13.6. The first-order valence-electron chi connectivity index (χ1n) is 24.7. The molecule has 0 spiro atoms. The van der Waals surface area contributed by atoms with Crippen molar-refractivity contribution in [1.29, 1.82) is 0 Å². The number of hydrogen-bond acceptors (Lipinski definition) is 8. The van der Waals surface area contributed by atoms with E-state index in [4.69, 9.17) is 31.8 Å². The third kappa shape index (κ3) is 7.46. The molecule has 10 aromatic carbocycles. The highest BCUT2D eigenvalue weighted by Gasteiger charge is 2.46. The molecule has 2 heterocycles. The zero-order valence-corrected chi connectivity index (χ0v) is 40.9. The fourth-order valence-corrected chi connectivity index (χ4v) is 11.2. The minimum Gasteiger partial charge on any atom is -0.481 e. The van der Waals surface area contributed by atoms with Gasteiger partial charge in [0.15, 0.2) is 0 Å². The molecule has 10 nitrogen and oxygen atoms in total. The molecule has 10 aromatic rings. The molecule has 77 heavy (non-hydrogen) atoms. The molecule has 0 radical (unpaired) electrons. The fraction of sp³-hybridized carbons (Fsp3) is 0.0448. The standard InChI is InChI=1S/C67H40N2O8/c1-3-35-74-47-27-31-51-41(37-47)11-9-17-61(51)68-63(70)55-33-29-49(39-57(55)65(68)72)76-45-23-19-43(20-24-45)67(59-15-7-5-13-53(59)54-14-6-8-16-60(54)67)44-21-25-46(26-22-44)77-50-30-34-56-58(40-50)66(73)69(64(56)71)62-18-10-12-42-38-48(75-36-4-2)28-32-52(42)62/h1-2,5-34,37-40H,35-36H2. The summed E-state index contributed by atoms with van der Waals surface area (Å²) in [4.78, 5) is 58.3. The van der Waals surface area contributed by atoms with Crippen molar-refractivity contribution in [1.82, 2.24) is 0 Å². The molecule has 366 valence electrons. The number of amides is 4. The summed E-state index contributed by atoms with van der Waals surface area (Å²) in [6.07, 6.45) is 10.8. The number of carbonyl (C=O) groups is 4. The Bertz CT molecular complexity index is 3970. The van der Waals surface area contributed by atoms with Crippen LogP contribution in [0.3, 0.4) is 0 Å². The summed E-state index contributed by atoms with van der Waals surface area (Å²) in [5.74, 6) is 6.23. The quantitative estimate of drug-likeness (QED) is 0.0879. The van der Waals surface area contributed by atoms with Gasteiger partial charge >= 0.3 is 0 Å². The molecule has 0 unspecified atom stereocenters. The molecule has 0 saturated carbocycles. The average Bonchev–Trinajstić information content (AvgIpc) is 4.19. The number of fused-ring (bicyclic) bond motifs is 7. The third-order valence-corrected chi connectivity index (χ3v) is 14.5. The Morgan fingerprint density at radius 1 is 0.364 bits per heavy atom. The monoisotopic (exact) mass is 1000 g/mol. The van der Waals surface area contributed by atoms with Gasteiger partial charge in [-0.25, -0.2) is 9.80 Å². The van der Waals surface area contributed by atoms with Gasteiger partial charge in [0.05, 0.1) is 39.0 Å². The maximum absolute atomic E-state index is 14.1. The van der Waals surface area contributed by atoms with E-state index in [1.807, 2.05) is 72.8 Å². The molecule has 0 saturated heterocycles. The van der Waals surface area contributed by atoms with Crippen molar-refractivity contribution in [2.75, 3.05) is 23.0 Å². The van der Waals surface area contributed by atoms with Gasteiger partial charge in [-0.2, -0.15) is 0 Å². The zero-order chi connectivity index (χ0) is 52.4. The predicted molar refractivity (Wildman–Crippen MR) is 296 cm³/mol. The van der Waals surface area contributed by atoms with Crippen molar-refractivity contribution in [3.05, 3.63) is 251 Å². The fourth-order valence-electron chi connectivity index (χ4n) is 11.2. The van der Waals surface area contributed by atoms with Crippen LogP contribution in [-0.2, 0) is 5.41 Å². The Balaban J connectivity index is 0.779. The van der Waals surface area contributed by atoms with Crippen molar-refractivity contribution in [2.45, 2.75) is 5.41 Å². The summed E-state index contributed by atoms with van der Waals surface area (Å²) >= 11 is 0. The molecule has 1 aliphatic carbocycles. The van der Waals surface area contributed by atoms with E-state index in [1.54, 1.807) is 72.8 Å². The lowest BCUT2D eigenvalue weighted by Crippen LogP contribution is -2.29. The summed E-state index contributed by atoms with van der Waals surface area (Å²) in [7, 11) is 0. The number of carbonyl (C=O) groups excluding carboxylic acids is 4. The molecule has 0 fully saturated rings. The topological polar surface area (TPSA) is 112 Å². The number of anilines is 2. The van der Waals surface area contributed by atoms with E-state index in [0.29, 0.717) is 56.6 Å². The smallest absolute Gasteiger partial charge is 0.266 e. The summed E-state index contributed by atoms with van der Waals surface area (Å²) in [5.41, 5.74) is 7.65. The van der Waals surface area contributed by atoms with Gasteiger partial charge in [0.1, 0.15) is 47.7 Å². The van der Waals surface area contributed by atoms with Gasteiger partial charge in [-0.3, -0.25) is 19.2 Å². The molecule has 0 aromatic heterocycles. The first kappa shape index (κ1) is 46.1. The van der Waals surface area contributed by atoms with Crippen molar-refractivity contribution in [3.63, 3.8) is 0 Å². The van der Waals surface area contributed by atoms with Crippen molar-refractivity contribution < 1.29 is 38.1 Å². The van der Waals surface area contributed by atoms with Crippen molar-refractivity contribution >= 4 is 56.5 Å². The lowest BCUT2D eigenvalue weighted by Gasteiger charge is -2.34. The lowest BCUT2D eigenvalue weighted by atomic mass is 9.68. The third-order valence-electron chi connectivity index (χ3n) is 14.5.